The van der Waals surface area contributed by atoms with Crippen LogP contribution in [-0.2, 0) is 4.79 Å². The summed E-state index contributed by atoms with van der Waals surface area (Å²) in [6.07, 6.45) is 0. The largest absolute Gasteiger partial charge is 0.338 e. The molecule has 0 aromatic heterocycles. The second-order valence-corrected chi connectivity index (χ2v) is 4.85. The maximum atomic E-state index is 13.6. The number of nitriles is 1. The van der Waals surface area contributed by atoms with E-state index < -0.39 is 11.5 Å². The first kappa shape index (κ1) is 14.2. The summed E-state index contributed by atoms with van der Waals surface area (Å²) in [6.45, 7) is 4.85. The number of hydrogen-bond donors (Lipinski definition) is 0. The number of carbonyl (C=O) groups excluding carboxylic acids is 1. The van der Waals surface area contributed by atoms with Crippen molar-refractivity contribution in [1.29, 1.82) is 5.26 Å². The lowest BCUT2D eigenvalue weighted by Gasteiger charge is -2.30. The first-order chi connectivity index (χ1) is 8.31. The molecule has 18 heavy (non-hydrogen) atoms. The average molecular weight is 248 g/mol. The van der Waals surface area contributed by atoms with E-state index in [2.05, 4.69) is 0 Å². The Bertz CT molecular complexity index is 491. The number of carbonyl (C=O) groups is 1. The molecule has 0 heterocycles. The van der Waals surface area contributed by atoms with Crippen molar-refractivity contribution in [1.82, 2.24) is 4.90 Å². The Kier molecular flexibility index (Phi) is 4.07. The van der Waals surface area contributed by atoms with Gasteiger partial charge in [-0.25, -0.2) is 4.39 Å². The Morgan fingerprint density at radius 3 is 2.50 bits per heavy atom. The van der Waals surface area contributed by atoms with Crippen molar-refractivity contribution >= 4 is 5.91 Å². The zero-order chi connectivity index (χ0) is 13.9. The summed E-state index contributed by atoms with van der Waals surface area (Å²) >= 11 is 0. The Hall–Kier alpha value is -1.89. The van der Waals surface area contributed by atoms with E-state index in [9.17, 15) is 9.18 Å². The second kappa shape index (κ2) is 5.18. The second-order valence-electron chi connectivity index (χ2n) is 4.85. The van der Waals surface area contributed by atoms with E-state index in [4.69, 9.17) is 5.26 Å². The molecule has 0 aliphatic heterocycles. The van der Waals surface area contributed by atoms with E-state index in [0.717, 1.165) is 0 Å². The molecule has 0 bridgehead atoms. The highest BCUT2D eigenvalue weighted by Crippen LogP contribution is 2.26. The molecule has 0 saturated carbocycles. The Balaban J connectivity index is 2.99. The van der Waals surface area contributed by atoms with Crippen LogP contribution in [0.5, 0.6) is 0 Å². The molecule has 1 unspecified atom stereocenters. The molecule has 3 nitrogen and oxygen atoms in total. The first-order valence-electron chi connectivity index (χ1n) is 5.74. The van der Waals surface area contributed by atoms with Crippen molar-refractivity contribution in [2.45, 2.75) is 26.8 Å². The highest BCUT2D eigenvalue weighted by Gasteiger charge is 2.33. The lowest BCUT2D eigenvalue weighted by Crippen LogP contribution is -2.39. The molecule has 96 valence electrons. The van der Waals surface area contributed by atoms with Crippen LogP contribution < -0.4 is 0 Å². The van der Waals surface area contributed by atoms with Gasteiger partial charge in [-0.1, -0.05) is 18.2 Å². The molecule has 0 saturated heterocycles. The molecule has 0 aliphatic rings. The number of amides is 1. The molecule has 0 aliphatic carbocycles. The van der Waals surface area contributed by atoms with Crippen molar-refractivity contribution in [2.75, 3.05) is 7.05 Å². The standard InChI is InChI=1S/C14H17FN2O/c1-10(11-7-5-6-8-12(11)15)17(4)13(18)14(2,3)9-16/h5-8,10H,1-4H3. The van der Waals surface area contributed by atoms with Crippen LogP contribution in [0.25, 0.3) is 0 Å². The highest BCUT2D eigenvalue weighted by atomic mass is 19.1. The highest BCUT2D eigenvalue weighted by molar-refractivity contribution is 5.84. The van der Waals surface area contributed by atoms with Gasteiger partial charge in [0.25, 0.3) is 0 Å². The third kappa shape index (κ3) is 2.67. The van der Waals surface area contributed by atoms with E-state index in [0.29, 0.717) is 5.56 Å². The monoisotopic (exact) mass is 248 g/mol. The van der Waals surface area contributed by atoms with Gasteiger partial charge in [-0.3, -0.25) is 4.79 Å². The smallest absolute Gasteiger partial charge is 0.242 e. The van der Waals surface area contributed by atoms with Gasteiger partial charge in [0.1, 0.15) is 11.2 Å². The minimum Gasteiger partial charge on any atom is -0.338 e. The fourth-order valence-corrected chi connectivity index (χ4v) is 1.69. The van der Waals surface area contributed by atoms with Crippen LogP contribution in [0.4, 0.5) is 4.39 Å². The Labute approximate surface area is 107 Å². The zero-order valence-corrected chi connectivity index (χ0v) is 11.1. The SMILES string of the molecule is CC(c1ccccc1F)N(C)C(=O)C(C)(C)C#N. The van der Waals surface area contributed by atoms with Crippen LogP contribution >= 0.6 is 0 Å². The molecule has 1 rings (SSSR count). The molecule has 1 amide bonds. The first-order valence-corrected chi connectivity index (χ1v) is 5.74. The molecule has 0 radical (unpaired) electrons. The minimum absolute atomic E-state index is 0.319. The van der Waals surface area contributed by atoms with E-state index in [1.807, 2.05) is 6.07 Å². The van der Waals surface area contributed by atoms with Crippen molar-refractivity contribution in [3.63, 3.8) is 0 Å². The van der Waals surface area contributed by atoms with Crippen LogP contribution in [0.1, 0.15) is 32.4 Å². The molecular weight excluding hydrogens is 231 g/mol. The van der Waals surface area contributed by atoms with Crippen molar-refractivity contribution in [3.8, 4) is 6.07 Å². The predicted molar refractivity (Wildman–Crippen MR) is 67.0 cm³/mol. The summed E-state index contributed by atoms with van der Waals surface area (Å²) in [5, 5.41) is 8.95. The van der Waals surface area contributed by atoms with Crippen molar-refractivity contribution < 1.29 is 9.18 Å². The van der Waals surface area contributed by atoms with Crippen LogP contribution in [0.15, 0.2) is 24.3 Å². The summed E-state index contributed by atoms with van der Waals surface area (Å²) in [7, 11) is 1.58. The predicted octanol–water partition coefficient (Wildman–Crippen LogP) is 2.89. The normalized spacial score (nSPS) is 12.7. The van der Waals surface area contributed by atoms with Gasteiger partial charge in [-0.05, 0) is 26.8 Å². The molecule has 0 spiro atoms. The van der Waals surface area contributed by atoms with Gasteiger partial charge < -0.3 is 4.90 Å². The van der Waals surface area contributed by atoms with E-state index >= 15 is 0 Å². The lowest BCUT2D eigenvalue weighted by molar-refractivity contribution is -0.138. The van der Waals surface area contributed by atoms with Gasteiger partial charge in [0.2, 0.25) is 5.91 Å². The maximum Gasteiger partial charge on any atom is 0.242 e. The Morgan fingerprint density at radius 1 is 1.44 bits per heavy atom. The van der Waals surface area contributed by atoms with Crippen LogP contribution in [0.3, 0.4) is 0 Å². The molecule has 0 fully saturated rings. The van der Waals surface area contributed by atoms with E-state index in [1.165, 1.54) is 11.0 Å². The topological polar surface area (TPSA) is 44.1 Å². The number of benzene rings is 1. The molecule has 4 heteroatoms. The Morgan fingerprint density at radius 2 is 2.00 bits per heavy atom. The number of halogens is 1. The van der Waals surface area contributed by atoms with Crippen LogP contribution in [0, 0.1) is 22.6 Å². The summed E-state index contributed by atoms with van der Waals surface area (Å²) in [4.78, 5) is 13.5. The minimum atomic E-state index is -1.10. The van der Waals surface area contributed by atoms with Crippen LogP contribution in [-0.4, -0.2) is 17.9 Å². The molecule has 1 aromatic carbocycles. The van der Waals surface area contributed by atoms with E-state index in [1.54, 1.807) is 46.0 Å². The maximum absolute atomic E-state index is 13.6. The fraction of sp³-hybridized carbons (Fsp3) is 0.429. The lowest BCUT2D eigenvalue weighted by atomic mass is 9.92. The fourth-order valence-electron chi connectivity index (χ4n) is 1.69. The quantitative estimate of drug-likeness (QED) is 0.825. The third-order valence-corrected chi connectivity index (χ3v) is 3.07. The van der Waals surface area contributed by atoms with Crippen molar-refractivity contribution in [3.05, 3.63) is 35.6 Å². The zero-order valence-electron chi connectivity index (χ0n) is 11.1. The van der Waals surface area contributed by atoms with Crippen molar-refractivity contribution in [2.24, 2.45) is 5.41 Å². The summed E-state index contributed by atoms with van der Waals surface area (Å²) in [6, 6.07) is 7.88. The summed E-state index contributed by atoms with van der Waals surface area (Å²) in [5.74, 6) is -0.667. The number of hydrogen-bond acceptors (Lipinski definition) is 2. The van der Waals surface area contributed by atoms with Gasteiger partial charge in [0, 0.05) is 12.6 Å². The van der Waals surface area contributed by atoms with Gasteiger partial charge >= 0.3 is 0 Å². The number of rotatable bonds is 3. The molecule has 1 atom stereocenters. The molecular formula is C14H17FN2O. The van der Waals surface area contributed by atoms with Gasteiger partial charge in [-0.2, -0.15) is 5.26 Å². The van der Waals surface area contributed by atoms with Gasteiger partial charge in [0.15, 0.2) is 0 Å². The van der Waals surface area contributed by atoms with Gasteiger partial charge in [-0.15, -0.1) is 0 Å². The van der Waals surface area contributed by atoms with Crippen LogP contribution in [0.2, 0.25) is 0 Å². The third-order valence-electron chi connectivity index (χ3n) is 3.07. The summed E-state index contributed by atoms with van der Waals surface area (Å²) < 4.78 is 13.6. The van der Waals surface area contributed by atoms with Gasteiger partial charge in [0.05, 0.1) is 12.1 Å². The summed E-state index contributed by atoms with van der Waals surface area (Å²) in [5.41, 5.74) is -0.657. The molecule has 0 N–H and O–H groups in total. The molecule has 1 aromatic rings. The number of nitrogens with zero attached hydrogens (tertiary/aromatic N) is 2. The van der Waals surface area contributed by atoms with E-state index in [-0.39, 0.29) is 11.7 Å². The average Bonchev–Trinajstić information content (AvgIpc) is 2.36.